The lowest BCUT2D eigenvalue weighted by molar-refractivity contribution is 0.577. The van der Waals surface area contributed by atoms with E-state index in [1.165, 1.54) is 5.56 Å². The molecule has 0 fully saturated rings. The lowest BCUT2D eigenvalue weighted by atomic mass is 9.88. The second-order valence-corrected chi connectivity index (χ2v) is 11.7. The molecule has 3 aromatic rings. The number of rotatable bonds is 10. The van der Waals surface area contributed by atoms with Crippen LogP contribution >= 0.6 is 11.3 Å². The number of hydrogen-bond donors (Lipinski definition) is 0. The lowest BCUT2D eigenvalue weighted by Gasteiger charge is -2.18. The van der Waals surface area contributed by atoms with Gasteiger partial charge in [-0.15, -0.1) is 10.2 Å². The summed E-state index contributed by atoms with van der Waals surface area (Å²) in [5.74, 6) is 1.55. The Morgan fingerprint density at radius 1 is 1.05 bits per heavy atom. The summed E-state index contributed by atoms with van der Waals surface area (Å²) in [5.41, 5.74) is 2.24. The zero-order chi connectivity index (χ0) is 28.7. The molecule has 0 amide bonds. The fourth-order valence-electron chi connectivity index (χ4n) is 4.39. The smallest absolute Gasteiger partial charge is 0.252 e. The van der Waals surface area contributed by atoms with Crippen molar-refractivity contribution in [1.82, 2.24) is 14.5 Å². The molecule has 0 spiro atoms. The molecule has 0 saturated carbocycles. The van der Waals surface area contributed by atoms with Gasteiger partial charge >= 0.3 is 0 Å². The second-order valence-electron chi connectivity index (χ2n) is 10.7. The number of anilines is 1. The molecular weight excluding hydrogens is 504 g/mol. The second kappa shape index (κ2) is 12.8. The number of thiazole rings is 1. The average molecular weight is 543 g/mol. The quantitative estimate of drug-likeness (QED) is 0.190. The molecule has 0 aliphatic carbocycles. The van der Waals surface area contributed by atoms with Crippen LogP contribution in [0, 0.1) is 28.6 Å². The van der Waals surface area contributed by atoms with Gasteiger partial charge in [0.1, 0.15) is 12.1 Å². The van der Waals surface area contributed by atoms with Gasteiger partial charge in [-0.1, -0.05) is 82.4 Å². The number of nitrogens with zero attached hydrogens (tertiary/aromatic N) is 8. The number of aromatic nitrogens is 3. The van der Waals surface area contributed by atoms with Crippen LogP contribution in [0.2, 0.25) is 0 Å². The van der Waals surface area contributed by atoms with Crippen molar-refractivity contribution >= 4 is 28.2 Å². The Bertz CT molecular complexity index is 1400. The highest BCUT2D eigenvalue weighted by Gasteiger charge is 2.25. The van der Waals surface area contributed by atoms with Crippen molar-refractivity contribution in [3.63, 3.8) is 0 Å². The van der Waals surface area contributed by atoms with Crippen molar-refractivity contribution in [2.75, 3.05) is 18.0 Å². The molecule has 2 heterocycles. The van der Waals surface area contributed by atoms with Gasteiger partial charge in [-0.25, -0.2) is 0 Å². The van der Waals surface area contributed by atoms with Crippen LogP contribution in [0.3, 0.4) is 0 Å². The van der Waals surface area contributed by atoms with Gasteiger partial charge in [0, 0.05) is 24.4 Å². The number of allylic oxidation sites excluding steroid dienone is 2. The molecule has 0 N–H and O–H groups in total. The summed E-state index contributed by atoms with van der Waals surface area (Å²) < 4.78 is 1.65. The van der Waals surface area contributed by atoms with Crippen LogP contribution in [0.1, 0.15) is 88.7 Å². The molecule has 1 unspecified atom stereocenters. The molecule has 1 aromatic carbocycles. The van der Waals surface area contributed by atoms with Crippen LogP contribution in [-0.2, 0) is 12.0 Å². The van der Waals surface area contributed by atoms with E-state index >= 15 is 0 Å². The largest absolute Gasteiger partial charge is 0.349 e. The van der Waals surface area contributed by atoms with Crippen LogP contribution in [0.4, 0.5) is 16.9 Å². The maximum Gasteiger partial charge on any atom is 0.252 e. The number of imidazole rings is 1. The summed E-state index contributed by atoms with van der Waals surface area (Å²) >= 11 is 1.62. The molecule has 2 aromatic heterocycles. The van der Waals surface area contributed by atoms with Gasteiger partial charge in [-0.3, -0.25) is 4.57 Å². The first-order chi connectivity index (χ1) is 18.6. The summed E-state index contributed by atoms with van der Waals surface area (Å²) in [6.07, 6.45) is 4.30. The van der Waals surface area contributed by atoms with Gasteiger partial charge in [-0.2, -0.15) is 20.5 Å². The molecule has 0 aliphatic rings. The van der Waals surface area contributed by atoms with Crippen LogP contribution in [-0.4, -0.2) is 27.6 Å². The van der Waals surface area contributed by atoms with E-state index in [1.54, 1.807) is 15.9 Å². The van der Waals surface area contributed by atoms with Crippen LogP contribution in [0.25, 0.3) is 0 Å². The van der Waals surface area contributed by atoms with Gasteiger partial charge in [0.25, 0.3) is 5.95 Å². The Morgan fingerprint density at radius 2 is 1.72 bits per heavy atom. The molecule has 0 bridgehead atoms. The van der Waals surface area contributed by atoms with E-state index in [9.17, 15) is 10.5 Å². The molecule has 0 radical (unpaired) electrons. The number of hydrogen-bond acceptors (Lipinski definition) is 8. The number of benzene rings is 1. The molecule has 9 heteroatoms. The molecule has 0 saturated heterocycles. The molecule has 204 valence electrons. The predicted molar refractivity (Wildman–Crippen MR) is 158 cm³/mol. The highest BCUT2D eigenvalue weighted by atomic mass is 32.1. The molecule has 0 aliphatic heterocycles. The predicted octanol–water partition coefficient (Wildman–Crippen LogP) is 8.01. The summed E-state index contributed by atoms with van der Waals surface area (Å²) in [5, 5.41) is 29.3. The van der Waals surface area contributed by atoms with Crippen molar-refractivity contribution in [1.29, 1.82) is 10.5 Å². The minimum absolute atomic E-state index is 0.0363. The third kappa shape index (κ3) is 6.79. The molecule has 8 nitrogen and oxygen atoms in total. The maximum absolute atomic E-state index is 9.86. The van der Waals surface area contributed by atoms with E-state index < -0.39 is 0 Å². The summed E-state index contributed by atoms with van der Waals surface area (Å²) in [7, 11) is 0. The first kappa shape index (κ1) is 29.7. The third-order valence-electron chi connectivity index (χ3n) is 6.53. The molecule has 3 rings (SSSR count). The highest BCUT2D eigenvalue weighted by Crippen LogP contribution is 2.40. The number of azo groups is 1. The minimum atomic E-state index is -0.176. The van der Waals surface area contributed by atoms with E-state index in [-0.39, 0.29) is 22.8 Å². The lowest BCUT2D eigenvalue weighted by Crippen LogP contribution is -2.21. The molecule has 1 atom stereocenters. The van der Waals surface area contributed by atoms with Crippen molar-refractivity contribution < 1.29 is 0 Å². The van der Waals surface area contributed by atoms with Crippen molar-refractivity contribution in [3.8, 4) is 12.1 Å². The zero-order valence-electron chi connectivity index (χ0n) is 24.2. The first-order valence-corrected chi connectivity index (χ1v) is 14.2. The van der Waals surface area contributed by atoms with E-state index in [1.807, 2.05) is 13.0 Å². The van der Waals surface area contributed by atoms with Gasteiger partial charge in [0.2, 0.25) is 0 Å². The van der Waals surface area contributed by atoms with Gasteiger partial charge in [0.05, 0.1) is 11.4 Å². The molecular formula is C30H38N8S. The normalized spacial score (nSPS) is 12.8. The van der Waals surface area contributed by atoms with E-state index in [0.29, 0.717) is 24.2 Å². The standard InChI is InChI=1S/C30H38N8S/c1-9-12-23(20(4)5)22-15-13-21(14-16-22)19-38-25(18-32)24(17-31)33-28(38)36-35-27-26(30(6,7)8)39-29(34-27)37(10-2)11-3/h9,12-16,20,23H,10-11,19H2,1-8H3/b12-9-,36-35+. The Morgan fingerprint density at radius 3 is 2.23 bits per heavy atom. The molecule has 39 heavy (non-hydrogen) atoms. The average Bonchev–Trinajstić information content (AvgIpc) is 3.48. The van der Waals surface area contributed by atoms with Gasteiger partial charge in [0.15, 0.2) is 22.3 Å². The maximum atomic E-state index is 9.86. The number of nitriles is 2. The third-order valence-corrected chi connectivity index (χ3v) is 8.06. The Labute approximate surface area is 236 Å². The Kier molecular flexibility index (Phi) is 9.77. The van der Waals surface area contributed by atoms with E-state index in [4.69, 9.17) is 4.98 Å². The van der Waals surface area contributed by atoms with E-state index in [2.05, 4.69) is 111 Å². The first-order valence-electron chi connectivity index (χ1n) is 13.4. The van der Waals surface area contributed by atoms with Crippen molar-refractivity contribution in [2.24, 2.45) is 16.1 Å². The topological polar surface area (TPSA) is 106 Å². The SMILES string of the molecule is C/C=C\C(c1ccc(Cn2c(/N=N/c3nc(N(CC)CC)sc3C(C)(C)C)nc(C#N)c2C#N)cc1)C(C)C. The Balaban J connectivity index is 2.02. The van der Waals surface area contributed by atoms with Gasteiger partial charge < -0.3 is 4.90 Å². The fourth-order valence-corrected chi connectivity index (χ4v) is 5.58. The van der Waals surface area contributed by atoms with Crippen LogP contribution in [0.5, 0.6) is 0 Å². The minimum Gasteiger partial charge on any atom is -0.349 e. The monoisotopic (exact) mass is 542 g/mol. The highest BCUT2D eigenvalue weighted by molar-refractivity contribution is 7.16. The van der Waals surface area contributed by atoms with Crippen LogP contribution in [0.15, 0.2) is 46.6 Å². The summed E-state index contributed by atoms with van der Waals surface area (Å²) in [6, 6.07) is 12.5. The van der Waals surface area contributed by atoms with Crippen LogP contribution < -0.4 is 4.90 Å². The Hall–Kier alpha value is -3.82. The summed E-state index contributed by atoms with van der Waals surface area (Å²) in [6.45, 7) is 19.1. The van der Waals surface area contributed by atoms with Crippen molar-refractivity contribution in [3.05, 3.63) is 63.8 Å². The van der Waals surface area contributed by atoms with E-state index in [0.717, 1.165) is 28.7 Å². The summed E-state index contributed by atoms with van der Waals surface area (Å²) in [4.78, 5) is 12.3. The fraction of sp³-hybridized carbons (Fsp3) is 0.467. The zero-order valence-corrected chi connectivity index (χ0v) is 25.0. The van der Waals surface area contributed by atoms with Gasteiger partial charge in [-0.05, 0) is 37.8 Å². The van der Waals surface area contributed by atoms with Crippen molar-refractivity contribution in [2.45, 2.75) is 73.3 Å².